The van der Waals surface area contributed by atoms with Crippen molar-refractivity contribution in [3.63, 3.8) is 0 Å². The van der Waals surface area contributed by atoms with Crippen molar-refractivity contribution < 1.29 is 14.3 Å². The van der Waals surface area contributed by atoms with Gasteiger partial charge in [0.15, 0.2) is 0 Å². The molecule has 34 heavy (non-hydrogen) atoms. The third kappa shape index (κ3) is 6.97. The van der Waals surface area contributed by atoms with Crippen LogP contribution in [0.15, 0.2) is 12.1 Å². The molecule has 1 amide bonds. The van der Waals surface area contributed by atoms with Gasteiger partial charge in [0.25, 0.3) is 5.91 Å². The van der Waals surface area contributed by atoms with Crippen LogP contribution in [-0.2, 0) is 4.74 Å². The predicted octanol–water partition coefficient (Wildman–Crippen LogP) is 3.98. The Morgan fingerprint density at radius 3 is 2.62 bits per heavy atom. The summed E-state index contributed by atoms with van der Waals surface area (Å²) in [6.07, 6.45) is 6.52. The summed E-state index contributed by atoms with van der Waals surface area (Å²) in [5.74, 6) is 0.854. The number of ether oxygens (including phenoxy) is 2. The maximum absolute atomic E-state index is 13.0. The van der Waals surface area contributed by atoms with Gasteiger partial charge in [0, 0.05) is 45.9 Å². The highest BCUT2D eigenvalue weighted by Gasteiger charge is 2.33. The Morgan fingerprint density at radius 2 is 1.97 bits per heavy atom. The number of anilines is 1. The third-order valence-corrected chi connectivity index (χ3v) is 7.84. The largest absolute Gasteiger partial charge is 0.496 e. The zero-order valence-corrected chi connectivity index (χ0v) is 22.2. The zero-order valence-electron chi connectivity index (χ0n) is 20.6. The lowest BCUT2D eigenvalue weighted by Crippen LogP contribution is -2.55. The molecule has 0 spiro atoms. The third-order valence-electron chi connectivity index (χ3n) is 7.05. The molecule has 0 bridgehead atoms. The second-order valence-electron chi connectivity index (χ2n) is 9.40. The van der Waals surface area contributed by atoms with Crippen LogP contribution in [0.3, 0.4) is 0 Å². The first-order valence-corrected chi connectivity index (χ1v) is 13.1. The fourth-order valence-electron chi connectivity index (χ4n) is 4.93. The van der Waals surface area contributed by atoms with Gasteiger partial charge in [0.1, 0.15) is 5.75 Å². The van der Waals surface area contributed by atoms with E-state index >= 15 is 0 Å². The van der Waals surface area contributed by atoms with Gasteiger partial charge in [-0.1, -0.05) is 37.2 Å². The number of halogens is 1. The van der Waals surface area contributed by atoms with Crippen LogP contribution in [-0.4, -0.2) is 79.8 Å². The molecular formula is C25H39ClN4O3S. The molecule has 2 aliphatic rings. The van der Waals surface area contributed by atoms with Crippen molar-refractivity contribution in [2.24, 2.45) is 5.92 Å². The second-order valence-corrected chi connectivity index (χ2v) is 10.3. The van der Waals surface area contributed by atoms with Crippen LogP contribution < -0.4 is 15.8 Å². The number of nitrogens with one attached hydrogen (secondary N) is 1. The quantitative estimate of drug-likeness (QED) is 0.384. The number of amides is 1. The minimum atomic E-state index is -0.231. The fourth-order valence-corrected chi connectivity index (χ4v) is 5.42. The molecule has 2 fully saturated rings. The van der Waals surface area contributed by atoms with Crippen LogP contribution in [0.25, 0.3) is 0 Å². The molecule has 190 valence electrons. The van der Waals surface area contributed by atoms with Crippen molar-refractivity contribution in [3.05, 3.63) is 22.7 Å². The number of nitrogens with two attached hydrogens (primary N) is 1. The van der Waals surface area contributed by atoms with E-state index in [-0.39, 0.29) is 18.1 Å². The lowest BCUT2D eigenvalue weighted by atomic mass is 9.93. The molecule has 2 saturated heterocycles. The van der Waals surface area contributed by atoms with Crippen LogP contribution in [0.2, 0.25) is 5.02 Å². The van der Waals surface area contributed by atoms with E-state index in [1.54, 1.807) is 19.2 Å². The monoisotopic (exact) mass is 510 g/mol. The van der Waals surface area contributed by atoms with Gasteiger partial charge < -0.3 is 30.3 Å². The summed E-state index contributed by atoms with van der Waals surface area (Å²) < 4.78 is 11.1. The summed E-state index contributed by atoms with van der Waals surface area (Å²) in [7, 11) is 3.23. The number of methoxy groups -OCH3 is 2. The molecule has 2 atom stereocenters. The Kier molecular flexibility index (Phi) is 10.2. The van der Waals surface area contributed by atoms with Crippen LogP contribution in [0, 0.1) is 5.92 Å². The van der Waals surface area contributed by atoms with Gasteiger partial charge in [0.2, 0.25) is 0 Å². The summed E-state index contributed by atoms with van der Waals surface area (Å²) in [6, 6.07) is 3.06. The van der Waals surface area contributed by atoms with Crippen molar-refractivity contribution in [2.45, 2.75) is 57.6 Å². The Bertz CT molecular complexity index is 848. The van der Waals surface area contributed by atoms with Crippen molar-refractivity contribution >= 4 is 40.4 Å². The number of hydrogen-bond acceptors (Lipinski definition) is 6. The van der Waals surface area contributed by atoms with Gasteiger partial charge in [-0.3, -0.25) is 4.79 Å². The minimum Gasteiger partial charge on any atom is -0.496 e. The fraction of sp³-hybridized carbons (Fsp3) is 0.680. The topological polar surface area (TPSA) is 80.1 Å². The van der Waals surface area contributed by atoms with E-state index in [1.165, 1.54) is 32.8 Å². The highest BCUT2D eigenvalue weighted by atomic mass is 35.5. The molecule has 3 N–H and O–H groups in total. The first-order valence-electron chi connectivity index (χ1n) is 12.3. The maximum Gasteiger partial charge on any atom is 0.255 e. The second kappa shape index (κ2) is 12.9. The molecule has 0 radical (unpaired) electrons. The Balaban J connectivity index is 1.50. The van der Waals surface area contributed by atoms with E-state index < -0.39 is 0 Å². The van der Waals surface area contributed by atoms with Gasteiger partial charge in [-0.25, -0.2) is 0 Å². The lowest BCUT2D eigenvalue weighted by molar-refractivity contribution is -0.000286. The minimum absolute atomic E-state index is 0.0744. The number of thiocarbonyl (C=S) groups is 1. The number of carbonyl (C=O) groups is 1. The van der Waals surface area contributed by atoms with Gasteiger partial charge in [-0.2, -0.15) is 0 Å². The number of unbranched alkanes of at least 4 members (excludes halogenated alkanes) is 1. The molecule has 2 heterocycles. The number of benzene rings is 1. The Morgan fingerprint density at radius 1 is 1.24 bits per heavy atom. The van der Waals surface area contributed by atoms with Crippen LogP contribution >= 0.6 is 23.8 Å². The van der Waals surface area contributed by atoms with Crippen molar-refractivity contribution in [1.82, 2.24) is 15.1 Å². The zero-order chi connectivity index (χ0) is 24.7. The normalized spacial score (nSPS) is 21.9. The number of carbonyl (C=O) groups excluding carboxylic acids is 1. The molecule has 1 aromatic rings. The van der Waals surface area contributed by atoms with Crippen molar-refractivity contribution in [3.8, 4) is 5.75 Å². The van der Waals surface area contributed by atoms with Crippen LogP contribution in [0.4, 0.5) is 5.69 Å². The molecule has 0 saturated carbocycles. The lowest BCUT2D eigenvalue weighted by Gasteiger charge is -2.41. The molecule has 0 aliphatic carbocycles. The summed E-state index contributed by atoms with van der Waals surface area (Å²) in [5.41, 5.74) is 6.61. The van der Waals surface area contributed by atoms with E-state index in [9.17, 15) is 4.79 Å². The van der Waals surface area contributed by atoms with Crippen LogP contribution in [0.5, 0.6) is 5.75 Å². The van der Waals surface area contributed by atoms with Gasteiger partial charge >= 0.3 is 0 Å². The van der Waals surface area contributed by atoms with E-state index in [4.69, 9.17) is 39.0 Å². The van der Waals surface area contributed by atoms with Crippen LogP contribution in [0.1, 0.15) is 55.8 Å². The molecule has 9 heteroatoms. The number of piperidine rings is 2. The standard InChI is InChI=1S/C25H39ClN4O3S/c1-4-5-6-24(34)30-11-7-17(8-12-30)15-29-10-9-21(23(16-29)33-3)28-25(31)18-13-19(26)20(27)14-22(18)32-2/h13-14,17,21,23H,4-12,15-16,27H2,1-3H3,(H,28,31)/t21-,23+/m0/s1. The van der Waals surface area contributed by atoms with Gasteiger partial charge in [-0.15, -0.1) is 0 Å². The molecule has 7 nitrogen and oxygen atoms in total. The number of likely N-dealkylation sites (tertiary alicyclic amines) is 2. The highest BCUT2D eigenvalue weighted by molar-refractivity contribution is 7.80. The van der Waals surface area contributed by atoms with E-state index in [0.29, 0.717) is 27.9 Å². The summed E-state index contributed by atoms with van der Waals surface area (Å²) >= 11 is 11.8. The molecule has 3 rings (SSSR count). The van der Waals surface area contributed by atoms with Crippen molar-refractivity contribution in [2.75, 3.05) is 52.7 Å². The average molecular weight is 511 g/mol. The summed E-state index contributed by atoms with van der Waals surface area (Å²) in [6.45, 7) is 7.15. The van der Waals surface area contributed by atoms with Gasteiger partial charge in [-0.05, 0) is 44.1 Å². The molecule has 0 aromatic heterocycles. The molecule has 1 aromatic carbocycles. The number of nitrogen functional groups attached to an aromatic ring is 1. The Hall–Kier alpha value is -1.61. The summed E-state index contributed by atoms with van der Waals surface area (Å²) in [5, 5.41) is 3.46. The van der Waals surface area contributed by atoms with E-state index in [1.807, 2.05) is 0 Å². The van der Waals surface area contributed by atoms with Gasteiger partial charge in [0.05, 0.1) is 40.5 Å². The predicted molar refractivity (Wildman–Crippen MR) is 142 cm³/mol. The molecule has 2 aliphatic heterocycles. The summed E-state index contributed by atoms with van der Waals surface area (Å²) in [4.78, 5) is 19.0. The maximum atomic E-state index is 13.0. The molecular weight excluding hydrogens is 472 g/mol. The van der Waals surface area contributed by atoms with Crippen molar-refractivity contribution in [1.29, 1.82) is 0 Å². The number of rotatable bonds is 9. The number of hydrogen-bond donors (Lipinski definition) is 2. The molecule has 0 unspecified atom stereocenters. The van der Waals surface area contributed by atoms with E-state index in [2.05, 4.69) is 22.0 Å². The average Bonchev–Trinajstić information content (AvgIpc) is 2.85. The SMILES string of the molecule is CCCCC(=S)N1CCC(CN2CC[C@H](NC(=O)c3cc(Cl)c(N)cc3OC)[C@H](OC)C2)CC1. The Labute approximate surface area is 214 Å². The number of nitrogens with zero attached hydrogens (tertiary/aromatic N) is 2. The first-order chi connectivity index (χ1) is 16.4. The van der Waals surface area contributed by atoms with E-state index in [0.717, 1.165) is 50.6 Å². The first kappa shape index (κ1) is 27.0. The highest BCUT2D eigenvalue weighted by Crippen LogP contribution is 2.29. The smallest absolute Gasteiger partial charge is 0.255 e.